The van der Waals surface area contributed by atoms with E-state index in [1.165, 1.54) is 10.4 Å². The number of nitrogens with zero attached hydrogens (tertiary/aromatic N) is 5. The number of rotatable bonds is 7. The number of hydrogen-bond acceptors (Lipinski definition) is 5. The van der Waals surface area contributed by atoms with Crippen molar-refractivity contribution >= 4 is 22.5 Å². The minimum atomic E-state index is -0.241. The van der Waals surface area contributed by atoms with Crippen molar-refractivity contribution in [1.82, 2.24) is 29.8 Å². The number of fused-ring (bicyclic) bond motifs is 1. The highest BCUT2D eigenvalue weighted by molar-refractivity contribution is 6.06. The highest BCUT2D eigenvalue weighted by Crippen LogP contribution is 2.24. The number of carbonyl (C=O) groups is 1. The summed E-state index contributed by atoms with van der Waals surface area (Å²) in [6.45, 7) is 2.61. The van der Waals surface area contributed by atoms with E-state index in [9.17, 15) is 4.79 Å². The van der Waals surface area contributed by atoms with Crippen molar-refractivity contribution in [2.45, 2.75) is 19.9 Å². The Kier molecular flexibility index (Phi) is 5.35. The van der Waals surface area contributed by atoms with Gasteiger partial charge in [-0.15, -0.1) is 0 Å². The average molecular weight is 441 g/mol. The van der Waals surface area contributed by atoms with Gasteiger partial charge in [0.15, 0.2) is 0 Å². The summed E-state index contributed by atoms with van der Waals surface area (Å²) < 4.78 is 7.16. The van der Waals surface area contributed by atoms with Crippen LogP contribution >= 0.6 is 0 Å². The van der Waals surface area contributed by atoms with Crippen LogP contribution in [0.3, 0.4) is 0 Å². The van der Waals surface area contributed by atoms with Crippen LogP contribution in [0.4, 0.5) is 5.69 Å². The third kappa shape index (κ3) is 4.20. The molecular formula is C24H23N7O2. The topological polar surface area (TPSA) is 103 Å². The van der Waals surface area contributed by atoms with Crippen molar-refractivity contribution in [1.29, 1.82) is 0 Å². The molecule has 9 nitrogen and oxygen atoms in total. The summed E-state index contributed by atoms with van der Waals surface area (Å²) in [6, 6.07) is 11.6. The standard InChI is InChI=1S/C24H23N7O2/c1-16-3-6-23(31-26-8-9-27-31)21(11-16)24(32)29-18-14-28-30(15-18)10-7-17-13-25-22-5-4-19(33-2)12-20(17)22/h3-6,8-9,11-15,25H,7,10H2,1-2H3,(H,29,32). The van der Waals surface area contributed by atoms with E-state index >= 15 is 0 Å². The summed E-state index contributed by atoms with van der Waals surface area (Å²) in [6.07, 6.45) is 9.44. The van der Waals surface area contributed by atoms with Crippen molar-refractivity contribution in [3.63, 3.8) is 0 Å². The third-order valence-corrected chi connectivity index (χ3v) is 5.51. The molecule has 166 valence electrons. The smallest absolute Gasteiger partial charge is 0.258 e. The number of hydrogen-bond donors (Lipinski definition) is 2. The van der Waals surface area contributed by atoms with Crippen LogP contribution in [-0.4, -0.2) is 42.8 Å². The number of ether oxygens (including phenoxy) is 1. The first-order valence-corrected chi connectivity index (χ1v) is 10.6. The Hall–Kier alpha value is -4.40. The molecule has 2 N–H and O–H groups in total. The Bertz CT molecular complexity index is 1420. The summed E-state index contributed by atoms with van der Waals surface area (Å²) in [4.78, 5) is 17.7. The first kappa shape index (κ1) is 20.5. The number of nitrogens with one attached hydrogen (secondary N) is 2. The minimum absolute atomic E-state index is 0.241. The zero-order valence-electron chi connectivity index (χ0n) is 18.3. The third-order valence-electron chi connectivity index (χ3n) is 5.51. The molecular weight excluding hydrogens is 418 g/mol. The van der Waals surface area contributed by atoms with E-state index < -0.39 is 0 Å². The Balaban J connectivity index is 1.29. The van der Waals surface area contributed by atoms with Crippen LogP contribution in [0.25, 0.3) is 16.6 Å². The monoisotopic (exact) mass is 441 g/mol. The number of anilines is 1. The molecule has 0 aliphatic carbocycles. The van der Waals surface area contributed by atoms with Gasteiger partial charge < -0.3 is 15.0 Å². The Labute approximate surface area is 190 Å². The number of aromatic amines is 1. The van der Waals surface area contributed by atoms with E-state index in [4.69, 9.17) is 4.74 Å². The lowest BCUT2D eigenvalue weighted by atomic mass is 10.1. The molecule has 3 aromatic heterocycles. The van der Waals surface area contributed by atoms with Crippen LogP contribution in [-0.2, 0) is 13.0 Å². The Morgan fingerprint density at radius 1 is 1.12 bits per heavy atom. The van der Waals surface area contributed by atoms with Gasteiger partial charge in [0, 0.05) is 29.8 Å². The lowest BCUT2D eigenvalue weighted by molar-refractivity contribution is 0.102. The number of carbonyl (C=O) groups excluding carboxylic acids is 1. The highest BCUT2D eigenvalue weighted by atomic mass is 16.5. The molecule has 0 aliphatic rings. The van der Waals surface area contributed by atoms with Crippen molar-refractivity contribution in [3.05, 3.63) is 84.1 Å². The molecule has 5 rings (SSSR count). The largest absolute Gasteiger partial charge is 0.497 e. The average Bonchev–Trinajstić information content (AvgIpc) is 3.58. The van der Waals surface area contributed by atoms with Crippen LogP contribution in [0.1, 0.15) is 21.5 Å². The first-order chi connectivity index (χ1) is 16.1. The van der Waals surface area contributed by atoms with E-state index in [0.717, 1.165) is 28.6 Å². The van der Waals surface area contributed by atoms with E-state index in [1.807, 2.05) is 60.4 Å². The number of methoxy groups -OCH3 is 1. The van der Waals surface area contributed by atoms with Gasteiger partial charge in [-0.2, -0.15) is 20.1 Å². The van der Waals surface area contributed by atoms with Gasteiger partial charge in [0.25, 0.3) is 5.91 Å². The van der Waals surface area contributed by atoms with Crippen LogP contribution in [0.2, 0.25) is 0 Å². The minimum Gasteiger partial charge on any atom is -0.497 e. The lowest BCUT2D eigenvalue weighted by Crippen LogP contribution is -2.16. The van der Waals surface area contributed by atoms with E-state index in [0.29, 0.717) is 23.5 Å². The maximum Gasteiger partial charge on any atom is 0.258 e. The number of amides is 1. The maximum absolute atomic E-state index is 13.0. The van der Waals surface area contributed by atoms with Crippen LogP contribution in [0.5, 0.6) is 5.75 Å². The molecule has 0 spiro atoms. The summed E-state index contributed by atoms with van der Waals surface area (Å²) in [5, 5.41) is 16.8. The summed E-state index contributed by atoms with van der Waals surface area (Å²) >= 11 is 0. The fourth-order valence-electron chi connectivity index (χ4n) is 3.82. The molecule has 0 unspecified atom stereocenters. The molecule has 0 saturated heterocycles. The zero-order valence-corrected chi connectivity index (χ0v) is 18.3. The second-order valence-corrected chi connectivity index (χ2v) is 7.76. The van der Waals surface area contributed by atoms with E-state index in [-0.39, 0.29) is 5.91 Å². The molecule has 0 bridgehead atoms. The van der Waals surface area contributed by atoms with Gasteiger partial charge in [-0.3, -0.25) is 9.48 Å². The van der Waals surface area contributed by atoms with Crippen molar-refractivity contribution in [3.8, 4) is 11.4 Å². The molecule has 9 heteroatoms. The molecule has 0 aliphatic heterocycles. The summed E-state index contributed by atoms with van der Waals surface area (Å²) in [5.41, 5.74) is 4.96. The Morgan fingerprint density at radius 2 is 1.97 bits per heavy atom. The molecule has 3 heterocycles. The highest BCUT2D eigenvalue weighted by Gasteiger charge is 2.15. The molecule has 0 fully saturated rings. The number of aromatic nitrogens is 6. The number of H-pyrrole nitrogens is 1. The second kappa shape index (κ2) is 8.62. The normalized spacial score (nSPS) is 11.1. The molecule has 5 aromatic rings. The van der Waals surface area contributed by atoms with Crippen LogP contribution in [0.15, 0.2) is 67.4 Å². The first-order valence-electron chi connectivity index (χ1n) is 10.6. The quantitative estimate of drug-likeness (QED) is 0.400. The Morgan fingerprint density at radius 3 is 2.79 bits per heavy atom. The van der Waals surface area contributed by atoms with Crippen LogP contribution < -0.4 is 10.1 Å². The fraction of sp³-hybridized carbons (Fsp3) is 0.167. The van der Waals surface area contributed by atoms with E-state index in [2.05, 4.69) is 25.6 Å². The number of aryl methyl sites for hydroxylation is 3. The molecule has 1 amide bonds. The van der Waals surface area contributed by atoms with Crippen molar-refractivity contribution in [2.24, 2.45) is 0 Å². The lowest BCUT2D eigenvalue weighted by Gasteiger charge is -2.09. The fourth-order valence-corrected chi connectivity index (χ4v) is 3.82. The maximum atomic E-state index is 13.0. The molecule has 2 aromatic carbocycles. The predicted octanol–water partition coefficient (Wildman–Crippen LogP) is 3.76. The van der Waals surface area contributed by atoms with Crippen LogP contribution in [0, 0.1) is 6.92 Å². The van der Waals surface area contributed by atoms with Gasteiger partial charge in [-0.05, 0) is 49.2 Å². The van der Waals surface area contributed by atoms with Crippen molar-refractivity contribution in [2.75, 3.05) is 12.4 Å². The van der Waals surface area contributed by atoms with Crippen molar-refractivity contribution < 1.29 is 9.53 Å². The molecule has 0 radical (unpaired) electrons. The number of benzene rings is 2. The van der Waals surface area contributed by atoms with Gasteiger partial charge in [0.1, 0.15) is 5.75 Å². The predicted molar refractivity (Wildman–Crippen MR) is 125 cm³/mol. The van der Waals surface area contributed by atoms with Gasteiger partial charge in [0.05, 0.1) is 42.6 Å². The molecule has 0 saturated carbocycles. The van der Waals surface area contributed by atoms with Gasteiger partial charge >= 0.3 is 0 Å². The summed E-state index contributed by atoms with van der Waals surface area (Å²) in [7, 11) is 1.67. The zero-order chi connectivity index (χ0) is 22.8. The van der Waals surface area contributed by atoms with Gasteiger partial charge in [0.2, 0.25) is 0 Å². The van der Waals surface area contributed by atoms with Gasteiger partial charge in [-0.25, -0.2) is 0 Å². The van der Waals surface area contributed by atoms with Gasteiger partial charge in [-0.1, -0.05) is 11.6 Å². The molecule has 33 heavy (non-hydrogen) atoms. The SMILES string of the molecule is COc1ccc2[nH]cc(CCn3cc(NC(=O)c4cc(C)ccc4-n4nccn4)cn3)c2c1. The van der Waals surface area contributed by atoms with E-state index in [1.54, 1.807) is 25.7 Å². The summed E-state index contributed by atoms with van der Waals surface area (Å²) in [5.74, 6) is 0.586. The second-order valence-electron chi connectivity index (χ2n) is 7.76. The molecule has 0 atom stereocenters.